The number of nitrogens with zero attached hydrogens (tertiary/aromatic N) is 2. The smallest absolute Gasteiger partial charge is 0.411 e. The van der Waals surface area contributed by atoms with E-state index in [1.165, 1.54) is 16.3 Å². The lowest BCUT2D eigenvalue weighted by atomic mass is 10.2. The van der Waals surface area contributed by atoms with Crippen molar-refractivity contribution in [1.82, 2.24) is 4.31 Å². The molecule has 3 rings (SSSR count). The molecule has 0 radical (unpaired) electrons. The highest BCUT2D eigenvalue weighted by molar-refractivity contribution is 7.97. The maximum absolute atomic E-state index is 12.7. The molecule has 33 heavy (non-hydrogen) atoms. The fourth-order valence-electron chi connectivity index (χ4n) is 2.85. The van der Waals surface area contributed by atoms with E-state index in [0.29, 0.717) is 21.5 Å². The van der Waals surface area contributed by atoms with Crippen LogP contribution < -0.4 is 9.47 Å². The van der Waals surface area contributed by atoms with E-state index in [1.807, 2.05) is 45.0 Å². The zero-order valence-corrected chi connectivity index (χ0v) is 21.4. The van der Waals surface area contributed by atoms with Gasteiger partial charge in [0.2, 0.25) is 0 Å². The minimum absolute atomic E-state index is 0.132. The highest BCUT2D eigenvalue weighted by Crippen LogP contribution is 2.41. The summed E-state index contributed by atoms with van der Waals surface area (Å²) in [6, 6.07) is 20.0. The monoisotopic (exact) mass is 518 g/mol. The fourth-order valence-corrected chi connectivity index (χ4v) is 4.58. The quantitative estimate of drug-likeness (QED) is 0.124. The van der Waals surface area contributed by atoms with E-state index in [0.717, 1.165) is 21.6 Å². The van der Waals surface area contributed by atoms with Gasteiger partial charge in [-0.15, -0.1) is 4.31 Å². The molecular weight excluding hydrogens is 498 g/mol. The van der Waals surface area contributed by atoms with Gasteiger partial charge in [-0.2, -0.15) is 5.26 Å². The third kappa shape index (κ3) is 6.41. The van der Waals surface area contributed by atoms with E-state index in [9.17, 15) is 9.83 Å². The summed E-state index contributed by atoms with van der Waals surface area (Å²) in [5.74, 6) is 0.775. The molecule has 0 saturated heterocycles. The van der Waals surface area contributed by atoms with E-state index in [-0.39, 0.29) is 6.54 Å². The fraction of sp³-hybridized carbons (Fsp3) is 0.208. The van der Waals surface area contributed by atoms with Crippen LogP contribution in [0.5, 0.6) is 11.5 Å². The highest BCUT2D eigenvalue weighted by atomic mass is 35.5. The van der Waals surface area contributed by atoms with Crippen LogP contribution in [0.3, 0.4) is 0 Å². The molecule has 0 unspecified atom stereocenters. The number of hydrogen-bond acceptors (Lipinski definition) is 6. The second-order valence-corrected chi connectivity index (χ2v) is 9.92. The van der Waals surface area contributed by atoms with E-state index >= 15 is 0 Å². The number of nitriles is 1. The van der Waals surface area contributed by atoms with Crippen LogP contribution in [0.1, 0.15) is 16.7 Å². The lowest BCUT2D eigenvalue weighted by Crippen LogP contribution is -2.50. The highest BCUT2D eigenvalue weighted by Gasteiger charge is 2.45. The second kappa shape index (κ2) is 11.2. The number of benzene rings is 3. The lowest BCUT2D eigenvalue weighted by molar-refractivity contribution is -0.107. The van der Waals surface area contributed by atoms with Gasteiger partial charge in [0.1, 0.15) is 18.0 Å². The predicted molar refractivity (Wildman–Crippen MR) is 133 cm³/mol. The van der Waals surface area contributed by atoms with Crippen LogP contribution in [0.25, 0.3) is 0 Å². The third-order valence-corrected chi connectivity index (χ3v) is 7.35. The van der Waals surface area contributed by atoms with Crippen LogP contribution >= 0.6 is 43.6 Å². The summed E-state index contributed by atoms with van der Waals surface area (Å²) in [5.41, 5.74) is 0.809. The third-order valence-electron chi connectivity index (χ3n) is 4.64. The minimum Gasteiger partial charge on any atom is -0.430 e. The standard InChI is InChI=1S/C24H21Cl2N2O3PS/c1-16-4-8-21(9-5-16)33-28(13-12-27)24(32-29,30-19-6-10-22(25)17(2)14-19)31-20-7-11-23(26)18(3)15-20/h4-11,14-15H,13H2,1-3H3. The maximum atomic E-state index is 12.7. The molecule has 0 spiro atoms. The average molecular weight is 519 g/mol. The summed E-state index contributed by atoms with van der Waals surface area (Å²) in [4.78, 5) is 0.829. The molecule has 0 heterocycles. The lowest BCUT2D eigenvalue weighted by Gasteiger charge is -2.36. The Morgan fingerprint density at radius 1 is 0.939 bits per heavy atom. The topological polar surface area (TPSA) is 62.6 Å². The van der Waals surface area contributed by atoms with Crippen LogP contribution in [0.15, 0.2) is 65.6 Å². The van der Waals surface area contributed by atoms with E-state index in [2.05, 4.69) is 6.07 Å². The Hall–Kier alpha value is -2.26. The normalized spacial score (nSPS) is 11.4. The Morgan fingerprint density at radius 2 is 1.45 bits per heavy atom. The van der Waals surface area contributed by atoms with Crippen LogP contribution in [-0.2, 0) is 4.57 Å². The van der Waals surface area contributed by atoms with Crippen molar-refractivity contribution in [3.05, 3.63) is 87.4 Å². The van der Waals surface area contributed by atoms with Gasteiger partial charge in [-0.05, 0) is 92.4 Å². The minimum atomic E-state index is -1.86. The van der Waals surface area contributed by atoms with Gasteiger partial charge in [0.05, 0.1) is 6.07 Å². The maximum Gasteiger partial charge on any atom is 0.411 e. The first-order chi connectivity index (χ1) is 15.8. The van der Waals surface area contributed by atoms with Crippen molar-refractivity contribution in [3.63, 3.8) is 0 Å². The molecule has 0 atom stereocenters. The van der Waals surface area contributed by atoms with E-state index in [1.54, 1.807) is 36.4 Å². The molecule has 0 bridgehead atoms. The Morgan fingerprint density at radius 3 is 1.88 bits per heavy atom. The van der Waals surface area contributed by atoms with Crippen molar-refractivity contribution < 1.29 is 14.0 Å². The van der Waals surface area contributed by atoms with Gasteiger partial charge in [0, 0.05) is 14.9 Å². The first-order valence-electron chi connectivity index (χ1n) is 9.90. The van der Waals surface area contributed by atoms with Gasteiger partial charge in [0.25, 0.3) is 8.46 Å². The molecule has 0 saturated carbocycles. The largest absolute Gasteiger partial charge is 0.430 e. The average Bonchev–Trinajstić information content (AvgIpc) is 2.79. The van der Waals surface area contributed by atoms with Crippen molar-refractivity contribution in [2.75, 3.05) is 6.54 Å². The Labute approximate surface area is 209 Å². The number of aryl methyl sites for hydroxylation is 3. The molecule has 0 aliphatic heterocycles. The molecule has 0 aliphatic carbocycles. The van der Waals surface area contributed by atoms with Crippen LogP contribution in [0.2, 0.25) is 10.0 Å². The molecule has 170 valence electrons. The number of halogens is 2. The van der Waals surface area contributed by atoms with Gasteiger partial charge < -0.3 is 9.47 Å². The summed E-state index contributed by atoms with van der Waals surface area (Å²) in [6.45, 7) is 5.53. The number of ether oxygens (including phenoxy) is 2. The van der Waals surface area contributed by atoms with Crippen LogP contribution in [0.4, 0.5) is 0 Å². The number of hydrogen-bond donors (Lipinski definition) is 0. The predicted octanol–water partition coefficient (Wildman–Crippen LogP) is 7.81. The SMILES string of the molecule is Cc1ccc(SN(CC#N)C(Oc2ccc(Cl)c(C)c2)(Oc2ccc(Cl)c(C)c2)P=O)cc1. The van der Waals surface area contributed by atoms with Crippen molar-refractivity contribution in [3.8, 4) is 17.6 Å². The molecule has 0 fully saturated rings. The van der Waals surface area contributed by atoms with Gasteiger partial charge in [-0.25, -0.2) is 0 Å². The summed E-state index contributed by atoms with van der Waals surface area (Å²) in [6.07, 6.45) is 0. The van der Waals surface area contributed by atoms with Crippen molar-refractivity contribution in [1.29, 1.82) is 5.26 Å². The Balaban J connectivity index is 2.07. The van der Waals surface area contributed by atoms with Gasteiger partial charge in [0.15, 0.2) is 0 Å². The molecular formula is C24H21Cl2N2O3PS. The van der Waals surface area contributed by atoms with Gasteiger partial charge in [-0.3, -0.25) is 4.57 Å². The molecule has 0 N–H and O–H groups in total. The van der Waals surface area contributed by atoms with Crippen LogP contribution in [0, 0.1) is 32.1 Å². The first kappa shape index (κ1) is 25.4. The van der Waals surface area contributed by atoms with Crippen molar-refractivity contribution in [2.45, 2.75) is 31.3 Å². The second-order valence-electron chi connectivity index (χ2n) is 7.26. The summed E-state index contributed by atoms with van der Waals surface area (Å²) < 4.78 is 26.6. The zero-order chi connectivity index (χ0) is 24.0. The van der Waals surface area contributed by atoms with E-state index < -0.39 is 14.1 Å². The van der Waals surface area contributed by atoms with Gasteiger partial charge >= 0.3 is 5.65 Å². The van der Waals surface area contributed by atoms with E-state index in [4.69, 9.17) is 32.7 Å². The van der Waals surface area contributed by atoms with Gasteiger partial charge in [-0.1, -0.05) is 40.9 Å². The molecule has 0 aliphatic rings. The van der Waals surface area contributed by atoms with Crippen molar-refractivity contribution in [2.24, 2.45) is 0 Å². The van der Waals surface area contributed by atoms with Crippen molar-refractivity contribution >= 4 is 43.6 Å². The summed E-state index contributed by atoms with van der Waals surface area (Å²) in [7, 11) is -0.509. The summed E-state index contributed by atoms with van der Waals surface area (Å²) in [5, 5.41) is 10.7. The molecule has 5 nitrogen and oxygen atoms in total. The first-order valence-corrected chi connectivity index (χ1v) is 12.2. The molecule has 0 aromatic heterocycles. The summed E-state index contributed by atoms with van der Waals surface area (Å²) >= 11 is 13.5. The van der Waals surface area contributed by atoms with Crippen LogP contribution in [-0.4, -0.2) is 16.5 Å². The molecule has 3 aromatic rings. The Kier molecular flexibility index (Phi) is 8.64. The Bertz CT molecular complexity index is 1130. The number of rotatable bonds is 9. The molecule has 9 heteroatoms. The molecule has 0 amide bonds. The molecule has 3 aromatic carbocycles. The zero-order valence-electron chi connectivity index (χ0n) is 18.2.